The molecule has 2 atom stereocenters. The fourth-order valence-corrected chi connectivity index (χ4v) is 4.70. The number of carboxylic acid groups (broad SMARTS) is 1. The number of pyridine rings is 1. The summed E-state index contributed by atoms with van der Waals surface area (Å²) in [5.41, 5.74) is 8.68. The standard InChI is InChI=1S/C20H21F3N4O3/c21-10-4-11(10)27-7-9(19(29)30)18(28)12-15(24)13(22)17(14(23)16(12)27)26-5-8(6-26)20(25)2-1-3-20/h7-8,10-11H,1-6,24-25H2,(H,29,30)/t10-,11+/m0/s1. The highest BCUT2D eigenvalue weighted by Crippen LogP contribution is 2.46. The lowest BCUT2D eigenvalue weighted by Crippen LogP contribution is -2.65. The van der Waals surface area contributed by atoms with Crippen LogP contribution in [0.3, 0.4) is 0 Å². The zero-order valence-corrected chi connectivity index (χ0v) is 16.0. The molecule has 10 heteroatoms. The summed E-state index contributed by atoms with van der Waals surface area (Å²) in [6.45, 7) is 0.698. The summed E-state index contributed by atoms with van der Waals surface area (Å²) in [6.07, 6.45) is 2.42. The van der Waals surface area contributed by atoms with Crippen LogP contribution in [-0.2, 0) is 0 Å². The molecule has 0 bridgehead atoms. The number of carboxylic acids is 1. The molecule has 1 aromatic heterocycles. The highest BCUT2D eigenvalue weighted by Gasteiger charge is 2.48. The molecule has 1 saturated heterocycles. The lowest BCUT2D eigenvalue weighted by atomic mass is 9.66. The Bertz CT molecular complexity index is 1150. The van der Waals surface area contributed by atoms with Gasteiger partial charge in [0.05, 0.1) is 22.6 Å². The number of anilines is 2. The number of aromatic nitrogens is 1. The van der Waals surface area contributed by atoms with E-state index >= 15 is 8.78 Å². The number of nitrogens with zero attached hydrogens (tertiary/aromatic N) is 2. The molecule has 2 aromatic rings. The maximum Gasteiger partial charge on any atom is 0.341 e. The second-order valence-electron chi connectivity index (χ2n) is 8.71. The average Bonchev–Trinajstić information content (AvgIpc) is 3.35. The van der Waals surface area contributed by atoms with E-state index < -0.39 is 51.9 Å². The van der Waals surface area contributed by atoms with E-state index in [0.717, 1.165) is 30.0 Å². The third-order valence-corrected chi connectivity index (χ3v) is 6.93. The van der Waals surface area contributed by atoms with Crippen molar-refractivity contribution < 1.29 is 23.1 Å². The van der Waals surface area contributed by atoms with Crippen molar-refractivity contribution in [2.45, 2.75) is 43.4 Å². The molecule has 0 radical (unpaired) electrons. The van der Waals surface area contributed by atoms with Crippen LogP contribution in [0.25, 0.3) is 10.9 Å². The molecular weight excluding hydrogens is 401 g/mol. The third kappa shape index (κ3) is 2.49. The Morgan fingerprint density at radius 3 is 2.37 bits per heavy atom. The Morgan fingerprint density at radius 1 is 1.23 bits per heavy atom. The van der Waals surface area contributed by atoms with E-state index in [0.29, 0.717) is 13.1 Å². The normalized spacial score (nSPS) is 25.1. The molecule has 0 spiro atoms. The third-order valence-electron chi connectivity index (χ3n) is 6.93. The summed E-state index contributed by atoms with van der Waals surface area (Å²) >= 11 is 0. The number of carbonyl (C=O) groups is 1. The topological polar surface area (TPSA) is 115 Å². The number of aromatic carboxylic acids is 1. The van der Waals surface area contributed by atoms with Crippen LogP contribution in [0.5, 0.6) is 0 Å². The van der Waals surface area contributed by atoms with Gasteiger partial charge in [-0.2, -0.15) is 0 Å². The van der Waals surface area contributed by atoms with Crippen LogP contribution in [0.1, 0.15) is 42.1 Å². The molecule has 3 aliphatic rings. The number of rotatable bonds is 4. The van der Waals surface area contributed by atoms with Crippen molar-refractivity contribution in [3.8, 4) is 0 Å². The Balaban J connectivity index is 1.68. The molecule has 30 heavy (non-hydrogen) atoms. The van der Waals surface area contributed by atoms with E-state index in [4.69, 9.17) is 11.5 Å². The second kappa shape index (κ2) is 6.13. The molecule has 5 N–H and O–H groups in total. The predicted molar refractivity (Wildman–Crippen MR) is 105 cm³/mol. The number of hydrogen-bond acceptors (Lipinski definition) is 5. The summed E-state index contributed by atoms with van der Waals surface area (Å²) in [5.74, 6) is -3.63. The van der Waals surface area contributed by atoms with Gasteiger partial charge < -0.3 is 26.0 Å². The van der Waals surface area contributed by atoms with Gasteiger partial charge in [0, 0.05) is 37.2 Å². The molecule has 0 amide bonds. The molecule has 2 aliphatic carbocycles. The zero-order valence-electron chi connectivity index (χ0n) is 16.0. The summed E-state index contributed by atoms with van der Waals surface area (Å²) in [7, 11) is 0. The quantitative estimate of drug-likeness (QED) is 0.651. The monoisotopic (exact) mass is 422 g/mol. The van der Waals surface area contributed by atoms with Crippen LogP contribution in [0.4, 0.5) is 24.5 Å². The molecule has 3 fully saturated rings. The minimum Gasteiger partial charge on any atom is -0.477 e. The molecular formula is C20H21F3N4O3. The summed E-state index contributed by atoms with van der Waals surface area (Å²) < 4.78 is 45.6. The highest BCUT2D eigenvalue weighted by molar-refractivity contribution is 6.00. The van der Waals surface area contributed by atoms with Crippen molar-refractivity contribution in [3.63, 3.8) is 0 Å². The Hall–Kier alpha value is -2.75. The van der Waals surface area contributed by atoms with Crippen molar-refractivity contribution >= 4 is 28.2 Å². The zero-order chi connectivity index (χ0) is 21.5. The first-order chi connectivity index (χ1) is 14.1. The van der Waals surface area contributed by atoms with Gasteiger partial charge in [-0.05, 0) is 19.3 Å². The fourth-order valence-electron chi connectivity index (χ4n) is 4.70. The summed E-state index contributed by atoms with van der Waals surface area (Å²) in [4.78, 5) is 25.6. The van der Waals surface area contributed by atoms with Gasteiger partial charge in [0.1, 0.15) is 17.4 Å². The Morgan fingerprint density at radius 2 is 1.87 bits per heavy atom. The van der Waals surface area contributed by atoms with Crippen LogP contribution in [0, 0.1) is 17.6 Å². The lowest BCUT2D eigenvalue weighted by molar-refractivity contribution is 0.0694. The number of benzene rings is 1. The van der Waals surface area contributed by atoms with Gasteiger partial charge in [0.25, 0.3) is 0 Å². The number of fused-ring (bicyclic) bond motifs is 1. The van der Waals surface area contributed by atoms with Crippen LogP contribution in [0.15, 0.2) is 11.0 Å². The minimum absolute atomic E-state index is 0.0462. The molecule has 2 heterocycles. The van der Waals surface area contributed by atoms with Crippen molar-refractivity contribution in [1.29, 1.82) is 0 Å². The number of hydrogen-bond donors (Lipinski definition) is 3. The molecule has 160 valence electrons. The highest BCUT2D eigenvalue weighted by atomic mass is 19.1. The number of nitrogens with two attached hydrogens (primary N) is 2. The number of halogens is 3. The smallest absolute Gasteiger partial charge is 0.341 e. The van der Waals surface area contributed by atoms with Crippen LogP contribution < -0.4 is 21.8 Å². The second-order valence-corrected chi connectivity index (χ2v) is 8.71. The SMILES string of the molecule is Nc1c(F)c(N2CC(C3(N)CCC3)C2)c(F)c2c1c(=O)c(C(=O)O)cn2[C@@H]1C[C@@H]1F. The van der Waals surface area contributed by atoms with Gasteiger partial charge in [0.2, 0.25) is 5.43 Å². The number of nitrogen functional groups attached to an aromatic ring is 1. The molecule has 2 saturated carbocycles. The van der Waals surface area contributed by atoms with Crippen LogP contribution >= 0.6 is 0 Å². The lowest BCUT2D eigenvalue weighted by Gasteiger charge is -2.54. The van der Waals surface area contributed by atoms with Crippen molar-refractivity contribution in [3.05, 3.63) is 33.6 Å². The number of alkyl halides is 1. The van der Waals surface area contributed by atoms with E-state index in [1.54, 1.807) is 0 Å². The first-order valence-corrected chi connectivity index (χ1v) is 9.90. The van der Waals surface area contributed by atoms with E-state index in [1.165, 1.54) is 4.90 Å². The van der Waals surface area contributed by atoms with Gasteiger partial charge >= 0.3 is 5.97 Å². The molecule has 0 unspecified atom stereocenters. The average molecular weight is 422 g/mol. The maximum absolute atomic E-state index is 15.6. The fraction of sp³-hybridized carbons (Fsp3) is 0.500. The molecule has 1 aliphatic heterocycles. The van der Waals surface area contributed by atoms with Gasteiger partial charge in [0.15, 0.2) is 11.6 Å². The maximum atomic E-state index is 15.6. The molecule has 5 rings (SSSR count). The van der Waals surface area contributed by atoms with E-state index in [9.17, 15) is 19.1 Å². The van der Waals surface area contributed by atoms with Crippen molar-refractivity contribution in [2.24, 2.45) is 11.7 Å². The first-order valence-electron chi connectivity index (χ1n) is 9.90. The first kappa shape index (κ1) is 19.2. The largest absolute Gasteiger partial charge is 0.477 e. The molecule has 7 nitrogen and oxygen atoms in total. The van der Waals surface area contributed by atoms with Gasteiger partial charge in [-0.15, -0.1) is 0 Å². The molecule has 1 aromatic carbocycles. The summed E-state index contributed by atoms with van der Waals surface area (Å²) in [5, 5.41) is 8.75. The minimum atomic E-state index is -1.57. The van der Waals surface area contributed by atoms with Gasteiger partial charge in [-0.1, -0.05) is 0 Å². The predicted octanol–water partition coefficient (Wildman–Crippen LogP) is 2.16. The van der Waals surface area contributed by atoms with Gasteiger partial charge in [-0.25, -0.2) is 18.0 Å². The van der Waals surface area contributed by atoms with Crippen molar-refractivity contribution in [2.75, 3.05) is 23.7 Å². The van der Waals surface area contributed by atoms with E-state index in [2.05, 4.69) is 0 Å². The summed E-state index contributed by atoms with van der Waals surface area (Å²) in [6, 6.07) is -0.829. The van der Waals surface area contributed by atoms with Gasteiger partial charge in [-0.3, -0.25) is 4.79 Å². The van der Waals surface area contributed by atoms with Crippen LogP contribution in [0.2, 0.25) is 0 Å². The van der Waals surface area contributed by atoms with E-state index in [-0.39, 0.29) is 29.1 Å². The van der Waals surface area contributed by atoms with E-state index in [1.807, 2.05) is 0 Å². The van der Waals surface area contributed by atoms with Crippen molar-refractivity contribution in [1.82, 2.24) is 4.57 Å². The Labute approximate surface area is 169 Å². The van der Waals surface area contributed by atoms with Crippen LogP contribution in [-0.4, -0.2) is 40.4 Å². The Kier molecular flexibility index (Phi) is 3.93.